The molecule has 10 heavy (non-hydrogen) atoms. The van der Waals surface area contributed by atoms with Crippen LogP contribution < -0.4 is 0 Å². The second-order valence-electron chi connectivity index (χ2n) is 1.94. The Labute approximate surface area is 73.1 Å². The maximum absolute atomic E-state index is 10.9. The fraction of sp³-hybridized carbons (Fsp3) is 0.286. The minimum absolute atomic E-state index is 0.148. The standard InChI is InChI=1S/C7H7IO2/c1-10-7(9)5-3-2-4-6(5)8/h2-5H,1H3. The first kappa shape index (κ1) is 7.78. The van der Waals surface area contributed by atoms with Crippen LogP contribution in [0.3, 0.4) is 0 Å². The lowest BCUT2D eigenvalue weighted by molar-refractivity contribution is -0.142. The maximum atomic E-state index is 10.9. The number of ether oxygens (including phenoxy) is 1. The summed E-state index contributed by atoms with van der Waals surface area (Å²) in [5.41, 5.74) is 0. The predicted molar refractivity (Wildman–Crippen MR) is 46.7 cm³/mol. The molecule has 2 nitrogen and oxygen atoms in total. The molecule has 0 aromatic rings. The zero-order valence-corrected chi connectivity index (χ0v) is 7.66. The fourth-order valence-electron chi connectivity index (χ4n) is 0.772. The Hall–Kier alpha value is -0.320. The van der Waals surface area contributed by atoms with E-state index < -0.39 is 0 Å². The molecule has 0 aliphatic heterocycles. The van der Waals surface area contributed by atoms with Crippen LogP contribution in [-0.2, 0) is 9.53 Å². The quantitative estimate of drug-likeness (QED) is 0.522. The van der Waals surface area contributed by atoms with E-state index in [0.717, 1.165) is 3.58 Å². The SMILES string of the molecule is COC(=O)C1C=CC=C1I. The van der Waals surface area contributed by atoms with E-state index in [4.69, 9.17) is 0 Å². The topological polar surface area (TPSA) is 26.3 Å². The predicted octanol–water partition coefficient (Wildman–Crippen LogP) is 1.66. The van der Waals surface area contributed by atoms with Gasteiger partial charge in [0.2, 0.25) is 0 Å². The van der Waals surface area contributed by atoms with Gasteiger partial charge in [0.05, 0.1) is 7.11 Å². The average Bonchev–Trinajstić information content (AvgIpc) is 2.34. The molecule has 3 heteroatoms. The van der Waals surface area contributed by atoms with Gasteiger partial charge in [0.15, 0.2) is 0 Å². The smallest absolute Gasteiger partial charge is 0.317 e. The van der Waals surface area contributed by atoms with Crippen molar-refractivity contribution in [2.75, 3.05) is 7.11 Å². The van der Waals surface area contributed by atoms with Gasteiger partial charge in [0, 0.05) is 3.58 Å². The van der Waals surface area contributed by atoms with E-state index in [1.807, 2.05) is 18.2 Å². The largest absolute Gasteiger partial charge is 0.468 e. The van der Waals surface area contributed by atoms with Crippen molar-refractivity contribution in [2.45, 2.75) is 0 Å². The lowest BCUT2D eigenvalue weighted by Gasteiger charge is -2.04. The van der Waals surface area contributed by atoms with Crippen LogP contribution in [0.1, 0.15) is 0 Å². The number of methoxy groups -OCH3 is 1. The zero-order chi connectivity index (χ0) is 7.56. The van der Waals surface area contributed by atoms with E-state index in [2.05, 4.69) is 27.3 Å². The number of rotatable bonds is 1. The van der Waals surface area contributed by atoms with Gasteiger partial charge >= 0.3 is 5.97 Å². The molecule has 1 rings (SSSR count). The third kappa shape index (κ3) is 1.39. The molecule has 0 fully saturated rings. The van der Waals surface area contributed by atoms with Gasteiger partial charge < -0.3 is 4.74 Å². The zero-order valence-electron chi connectivity index (χ0n) is 5.50. The number of carbonyl (C=O) groups is 1. The molecule has 1 unspecified atom stereocenters. The molecule has 0 aromatic heterocycles. The van der Waals surface area contributed by atoms with Gasteiger partial charge in [-0.25, -0.2) is 0 Å². The molecule has 54 valence electrons. The Morgan fingerprint density at radius 3 is 2.90 bits per heavy atom. The molecule has 0 radical (unpaired) electrons. The van der Waals surface area contributed by atoms with Crippen molar-refractivity contribution in [2.24, 2.45) is 5.92 Å². The molecule has 0 N–H and O–H groups in total. The van der Waals surface area contributed by atoms with Gasteiger partial charge in [-0.3, -0.25) is 4.79 Å². The van der Waals surface area contributed by atoms with E-state index in [-0.39, 0.29) is 11.9 Å². The minimum atomic E-state index is -0.186. The van der Waals surface area contributed by atoms with Gasteiger partial charge in [-0.2, -0.15) is 0 Å². The molecular formula is C7H7IO2. The average molecular weight is 250 g/mol. The van der Waals surface area contributed by atoms with Crippen molar-refractivity contribution < 1.29 is 9.53 Å². The summed E-state index contributed by atoms with van der Waals surface area (Å²) in [4.78, 5) is 10.9. The van der Waals surface area contributed by atoms with Crippen LogP contribution >= 0.6 is 22.6 Å². The van der Waals surface area contributed by atoms with Gasteiger partial charge in [0.1, 0.15) is 5.92 Å². The fourth-order valence-corrected chi connectivity index (χ4v) is 1.44. The summed E-state index contributed by atoms with van der Waals surface area (Å²) >= 11 is 2.13. The van der Waals surface area contributed by atoms with Crippen molar-refractivity contribution in [1.29, 1.82) is 0 Å². The van der Waals surface area contributed by atoms with Crippen LogP contribution in [0.15, 0.2) is 21.8 Å². The van der Waals surface area contributed by atoms with Crippen LogP contribution in [0.5, 0.6) is 0 Å². The number of halogens is 1. The highest BCUT2D eigenvalue weighted by atomic mass is 127. The van der Waals surface area contributed by atoms with Crippen molar-refractivity contribution in [3.05, 3.63) is 21.8 Å². The lowest BCUT2D eigenvalue weighted by Crippen LogP contribution is -2.11. The van der Waals surface area contributed by atoms with Gasteiger partial charge in [-0.15, -0.1) is 0 Å². The minimum Gasteiger partial charge on any atom is -0.468 e. The highest BCUT2D eigenvalue weighted by Crippen LogP contribution is 2.25. The van der Waals surface area contributed by atoms with Crippen molar-refractivity contribution in [3.63, 3.8) is 0 Å². The summed E-state index contributed by atoms with van der Waals surface area (Å²) in [7, 11) is 1.40. The van der Waals surface area contributed by atoms with E-state index in [9.17, 15) is 4.79 Å². The van der Waals surface area contributed by atoms with Gasteiger partial charge in [-0.05, 0) is 22.6 Å². The number of allylic oxidation sites excluding steroid dienone is 2. The van der Waals surface area contributed by atoms with Crippen molar-refractivity contribution >= 4 is 28.6 Å². The Balaban J connectivity index is 2.66. The molecule has 0 spiro atoms. The molecule has 1 aliphatic carbocycles. The third-order valence-electron chi connectivity index (χ3n) is 1.31. The monoisotopic (exact) mass is 250 g/mol. The molecule has 0 bridgehead atoms. The highest BCUT2D eigenvalue weighted by Gasteiger charge is 2.20. The Bertz CT molecular complexity index is 206. The van der Waals surface area contributed by atoms with Crippen LogP contribution in [0, 0.1) is 5.92 Å². The molecule has 0 aromatic carbocycles. The van der Waals surface area contributed by atoms with E-state index in [1.54, 1.807) is 0 Å². The van der Waals surface area contributed by atoms with Crippen molar-refractivity contribution in [1.82, 2.24) is 0 Å². The van der Waals surface area contributed by atoms with E-state index in [1.165, 1.54) is 7.11 Å². The number of esters is 1. The van der Waals surface area contributed by atoms with Gasteiger partial charge in [-0.1, -0.05) is 18.2 Å². The Kier molecular flexibility index (Phi) is 2.48. The van der Waals surface area contributed by atoms with Crippen LogP contribution in [0.2, 0.25) is 0 Å². The summed E-state index contributed by atoms with van der Waals surface area (Å²) in [5, 5.41) is 0. The summed E-state index contributed by atoms with van der Waals surface area (Å²) in [6.45, 7) is 0. The molecule has 1 atom stereocenters. The second kappa shape index (κ2) is 3.18. The summed E-state index contributed by atoms with van der Waals surface area (Å²) in [5.74, 6) is -0.333. The van der Waals surface area contributed by atoms with Crippen LogP contribution in [0.25, 0.3) is 0 Å². The summed E-state index contributed by atoms with van der Waals surface area (Å²) in [6, 6.07) is 0. The third-order valence-corrected chi connectivity index (χ3v) is 2.34. The van der Waals surface area contributed by atoms with Gasteiger partial charge in [0.25, 0.3) is 0 Å². The lowest BCUT2D eigenvalue weighted by atomic mass is 10.2. The molecule has 1 aliphatic rings. The molecule has 0 saturated carbocycles. The number of hydrogen-bond donors (Lipinski definition) is 0. The number of carbonyl (C=O) groups excluding carboxylic acids is 1. The van der Waals surface area contributed by atoms with E-state index in [0.29, 0.717) is 0 Å². The first-order chi connectivity index (χ1) is 4.75. The van der Waals surface area contributed by atoms with Crippen LogP contribution in [-0.4, -0.2) is 13.1 Å². The molecule has 0 heterocycles. The normalized spacial score (nSPS) is 22.6. The molecular weight excluding hydrogens is 243 g/mol. The Morgan fingerprint density at radius 1 is 1.80 bits per heavy atom. The summed E-state index contributed by atoms with van der Waals surface area (Å²) < 4.78 is 5.59. The first-order valence-electron chi connectivity index (χ1n) is 2.87. The van der Waals surface area contributed by atoms with E-state index >= 15 is 0 Å². The molecule has 0 saturated heterocycles. The summed E-state index contributed by atoms with van der Waals surface area (Å²) in [6.07, 6.45) is 5.60. The second-order valence-corrected chi connectivity index (χ2v) is 3.18. The maximum Gasteiger partial charge on any atom is 0.317 e. The van der Waals surface area contributed by atoms with Crippen molar-refractivity contribution in [3.8, 4) is 0 Å². The Morgan fingerprint density at radius 2 is 2.50 bits per heavy atom. The molecule has 0 amide bonds. The first-order valence-corrected chi connectivity index (χ1v) is 3.95. The highest BCUT2D eigenvalue weighted by molar-refractivity contribution is 14.1. The number of hydrogen-bond acceptors (Lipinski definition) is 2. The van der Waals surface area contributed by atoms with Crippen LogP contribution in [0.4, 0.5) is 0 Å².